The summed E-state index contributed by atoms with van der Waals surface area (Å²) < 4.78 is 11.5. The first-order valence-corrected chi connectivity index (χ1v) is 9.13. The van der Waals surface area contributed by atoms with Crippen molar-refractivity contribution in [2.45, 2.75) is 50.3 Å². The Morgan fingerprint density at radius 3 is 2.33 bits per heavy atom. The van der Waals surface area contributed by atoms with Gasteiger partial charge in [0, 0.05) is 22.3 Å². The van der Waals surface area contributed by atoms with E-state index in [1.807, 2.05) is 6.07 Å². The fourth-order valence-corrected chi connectivity index (χ4v) is 4.61. The number of fused-ring (bicyclic) bond motifs is 1. The van der Waals surface area contributed by atoms with Crippen LogP contribution in [0.2, 0.25) is 5.02 Å². The first-order chi connectivity index (χ1) is 10.1. The number of alkyl halides is 1. The number of hydrogen-bond acceptors (Lipinski definition) is 2. The molecule has 1 aromatic carbocycles. The van der Waals surface area contributed by atoms with Gasteiger partial charge in [0.2, 0.25) is 0 Å². The Labute approximate surface area is 140 Å². The molecule has 2 aliphatic rings. The molecule has 4 heteroatoms. The Morgan fingerprint density at radius 1 is 1.05 bits per heavy atom. The zero-order valence-corrected chi connectivity index (χ0v) is 14.8. The summed E-state index contributed by atoms with van der Waals surface area (Å²) in [6.07, 6.45) is 7.37. The van der Waals surface area contributed by atoms with Crippen LogP contribution in [0.5, 0.6) is 11.5 Å². The minimum atomic E-state index is 0.259. The summed E-state index contributed by atoms with van der Waals surface area (Å²) in [4.78, 5) is 0.259. The highest BCUT2D eigenvalue weighted by Crippen LogP contribution is 2.53. The third-order valence-electron chi connectivity index (χ3n) is 4.75. The van der Waals surface area contributed by atoms with Gasteiger partial charge in [-0.25, -0.2) is 0 Å². The Morgan fingerprint density at radius 2 is 1.67 bits per heavy atom. The molecule has 0 N–H and O–H groups in total. The standard InChI is InChI=1S/C17H22BrClO2/c1-17(6-3-2-4-7-17)16(18)12-10-14-15(11-13(12)19)21-9-5-8-20-14/h10-11,16H,2-9H2,1H3. The minimum absolute atomic E-state index is 0.259. The van der Waals surface area contributed by atoms with E-state index >= 15 is 0 Å². The largest absolute Gasteiger partial charge is 0.490 e. The lowest BCUT2D eigenvalue weighted by molar-refractivity contribution is 0.212. The molecule has 3 rings (SSSR count). The average molecular weight is 374 g/mol. The van der Waals surface area contributed by atoms with Crippen molar-refractivity contribution in [1.82, 2.24) is 0 Å². The normalized spacial score (nSPS) is 22.4. The van der Waals surface area contributed by atoms with E-state index in [0.717, 1.165) is 28.5 Å². The molecule has 1 heterocycles. The maximum atomic E-state index is 6.52. The zero-order valence-electron chi connectivity index (χ0n) is 12.5. The van der Waals surface area contributed by atoms with Gasteiger partial charge < -0.3 is 9.47 Å². The van der Waals surface area contributed by atoms with E-state index in [1.165, 1.54) is 32.1 Å². The molecular formula is C17H22BrClO2. The second kappa shape index (κ2) is 6.37. The van der Waals surface area contributed by atoms with Gasteiger partial charge in [0.1, 0.15) is 0 Å². The van der Waals surface area contributed by atoms with E-state index in [-0.39, 0.29) is 10.2 Å². The van der Waals surface area contributed by atoms with Gasteiger partial charge in [0.25, 0.3) is 0 Å². The summed E-state index contributed by atoms with van der Waals surface area (Å²) in [5.74, 6) is 1.60. The third-order valence-corrected chi connectivity index (χ3v) is 6.67. The van der Waals surface area contributed by atoms with Crippen LogP contribution in [0.4, 0.5) is 0 Å². The number of benzene rings is 1. The maximum absolute atomic E-state index is 6.52. The molecule has 0 aromatic heterocycles. The summed E-state index contributed by atoms with van der Waals surface area (Å²) in [6, 6.07) is 3.99. The van der Waals surface area contributed by atoms with Crippen molar-refractivity contribution in [1.29, 1.82) is 0 Å². The summed E-state index contributed by atoms with van der Waals surface area (Å²) >= 11 is 10.4. The van der Waals surface area contributed by atoms with Gasteiger partial charge in [-0.2, -0.15) is 0 Å². The molecule has 21 heavy (non-hydrogen) atoms. The molecule has 1 atom stereocenters. The van der Waals surface area contributed by atoms with Crippen molar-refractivity contribution in [3.63, 3.8) is 0 Å². The number of ether oxygens (including phenoxy) is 2. The lowest BCUT2D eigenvalue weighted by Crippen LogP contribution is -2.25. The molecule has 0 amide bonds. The van der Waals surface area contributed by atoms with Crippen LogP contribution in [0.1, 0.15) is 55.8 Å². The van der Waals surface area contributed by atoms with E-state index in [4.69, 9.17) is 21.1 Å². The van der Waals surface area contributed by atoms with Crippen molar-refractivity contribution in [3.8, 4) is 11.5 Å². The molecule has 1 fully saturated rings. The van der Waals surface area contributed by atoms with Gasteiger partial charge in [-0.3, -0.25) is 0 Å². The monoisotopic (exact) mass is 372 g/mol. The molecule has 2 nitrogen and oxygen atoms in total. The highest BCUT2D eigenvalue weighted by atomic mass is 79.9. The summed E-state index contributed by atoms with van der Waals surface area (Å²) in [6.45, 7) is 3.77. The molecular weight excluding hydrogens is 352 g/mol. The number of hydrogen-bond donors (Lipinski definition) is 0. The van der Waals surface area contributed by atoms with Crippen molar-refractivity contribution in [3.05, 3.63) is 22.7 Å². The maximum Gasteiger partial charge on any atom is 0.162 e. The first kappa shape index (κ1) is 15.5. The van der Waals surface area contributed by atoms with E-state index in [1.54, 1.807) is 0 Å². The minimum Gasteiger partial charge on any atom is -0.490 e. The smallest absolute Gasteiger partial charge is 0.162 e. The molecule has 0 spiro atoms. The third kappa shape index (κ3) is 3.19. The van der Waals surface area contributed by atoms with Crippen molar-refractivity contribution >= 4 is 27.5 Å². The van der Waals surface area contributed by atoms with Gasteiger partial charge in [0.05, 0.1) is 13.2 Å². The van der Waals surface area contributed by atoms with Crippen LogP contribution in [-0.2, 0) is 0 Å². The topological polar surface area (TPSA) is 18.5 Å². The Hall–Kier alpha value is -0.410. The van der Waals surface area contributed by atoms with Gasteiger partial charge in [0.15, 0.2) is 11.5 Å². The van der Waals surface area contributed by atoms with Gasteiger partial charge in [-0.05, 0) is 29.9 Å². The van der Waals surface area contributed by atoms with Crippen molar-refractivity contribution in [2.75, 3.05) is 13.2 Å². The predicted molar refractivity (Wildman–Crippen MR) is 89.9 cm³/mol. The average Bonchev–Trinajstić information content (AvgIpc) is 2.71. The van der Waals surface area contributed by atoms with Gasteiger partial charge in [-0.15, -0.1) is 0 Å². The predicted octanol–water partition coefficient (Wildman–Crippen LogP) is 5.91. The van der Waals surface area contributed by atoms with E-state index in [2.05, 4.69) is 28.9 Å². The fourth-order valence-electron chi connectivity index (χ4n) is 3.38. The molecule has 1 unspecified atom stereocenters. The summed E-state index contributed by atoms with van der Waals surface area (Å²) in [5.41, 5.74) is 1.40. The molecule has 1 aliphatic heterocycles. The van der Waals surface area contributed by atoms with E-state index in [0.29, 0.717) is 13.2 Å². The van der Waals surface area contributed by atoms with Crippen LogP contribution in [0.15, 0.2) is 12.1 Å². The molecule has 0 radical (unpaired) electrons. The highest BCUT2D eigenvalue weighted by Gasteiger charge is 2.36. The van der Waals surface area contributed by atoms with Crippen LogP contribution >= 0.6 is 27.5 Å². The van der Waals surface area contributed by atoms with Gasteiger partial charge in [-0.1, -0.05) is 53.7 Å². The molecule has 116 valence electrons. The van der Waals surface area contributed by atoms with Crippen LogP contribution in [0, 0.1) is 5.41 Å². The SMILES string of the molecule is CC1(C(Br)c2cc3c(cc2Cl)OCCCO3)CCCCC1. The molecule has 1 aromatic rings. The second-order valence-corrected chi connectivity index (χ2v) is 7.77. The Kier molecular flexibility index (Phi) is 4.70. The Bertz CT molecular complexity index is 512. The highest BCUT2D eigenvalue weighted by molar-refractivity contribution is 9.09. The summed E-state index contributed by atoms with van der Waals surface area (Å²) in [5, 5.41) is 0.771. The van der Waals surface area contributed by atoms with E-state index in [9.17, 15) is 0 Å². The molecule has 0 saturated heterocycles. The molecule has 1 saturated carbocycles. The van der Waals surface area contributed by atoms with Crippen LogP contribution in [0.3, 0.4) is 0 Å². The van der Waals surface area contributed by atoms with Crippen LogP contribution in [-0.4, -0.2) is 13.2 Å². The Balaban J connectivity index is 1.92. The fraction of sp³-hybridized carbons (Fsp3) is 0.647. The quantitative estimate of drug-likeness (QED) is 0.600. The van der Waals surface area contributed by atoms with Crippen LogP contribution < -0.4 is 9.47 Å². The van der Waals surface area contributed by atoms with Gasteiger partial charge >= 0.3 is 0 Å². The first-order valence-electron chi connectivity index (χ1n) is 7.83. The van der Waals surface area contributed by atoms with E-state index < -0.39 is 0 Å². The van der Waals surface area contributed by atoms with Crippen molar-refractivity contribution in [2.24, 2.45) is 5.41 Å². The lowest BCUT2D eigenvalue weighted by atomic mass is 9.72. The second-order valence-electron chi connectivity index (χ2n) is 6.45. The summed E-state index contributed by atoms with van der Waals surface area (Å²) in [7, 11) is 0. The molecule has 0 bridgehead atoms. The number of rotatable bonds is 2. The van der Waals surface area contributed by atoms with Crippen LogP contribution in [0.25, 0.3) is 0 Å². The zero-order chi connectivity index (χ0) is 14.9. The van der Waals surface area contributed by atoms with Crippen molar-refractivity contribution < 1.29 is 9.47 Å². The molecule has 1 aliphatic carbocycles. The number of halogens is 2. The lowest BCUT2D eigenvalue weighted by Gasteiger charge is -2.38.